The Hall–Kier alpha value is -1.47. The van der Waals surface area contributed by atoms with E-state index < -0.39 is 4.92 Å². The molecule has 2 aromatic heterocycles. The van der Waals surface area contributed by atoms with E-state index in [4.69, 9.17) is 0 Å². The molecule has 5 nitrogen and oxygen atoms in total. The fraction of sp³-hybridized carbons (Fsp3) is 0.182. The molecule has 18 heavy (non-hydrogen) atoms. The third-order valence-corrected chi connectivity index (χ3v) is 4.29. The molecule has 0 amide bonds. The van der Waals surface area contributed by atoms with Gasteiger partial charge in [0, 0.05) is 10.4 Å². The Bertz CT molecular complexity index is 572. The number of hydrogen-bond donors (Lipinski definition) is 1. The second kappa shape index (κ2) is 5.45. The van der Waals surface area contributed by atoms with Crippen LogP contribution < -0.4 is 5.32 Å². The summed E-state index contributed by atoms with van der Waals surface area (Å²) in [6.45, 7) is 2.35. The topological polar surface area (TPSA) is 68.1 Å². The first-order valence-corrected chi connectivity index (χ1v) is 6.82. The Morgan fingerprint density at radius 2 is 2.39 bits per heavy atom. The fourth-order valence-corrected chi connectivity index (χ4v) is 2.55. The van der Waals surface area contributed by atoms with Gasteiger partial charge in [0.25, 0.3) is 5.69 Å². The number of aromatic nitrogens is 1. The van der Waals surface area contributed by atoms with Gasteiger partial charge in [-0.25, -0.2) is 4.98 Å². The van der Waals surface area contributed by atoms with Crippen molar-refractivity contribution in [2.75, 3.05) is 5.32 Å². The maximum Gasteiger partial charge on any atom is 0.291 e. The largest absolute Gasteiger partial charge is 0.364 e. The van der Waals surface area contributed by atoms with Crippen LogP contribution in [0.25, 0.3) is 0 Å². The molecule has 2 rings (SSSR count). The number of rotatable bonds is 4. The van der Waals surface area contributed by atoms with E-state index in [2.05, 4.69) is 26.2 Å². The predicted molar refractivity (Wildman–Crippen MR) is 75.0 cm³/mol. The van der Waals surface area contributed by atoms with E-state index in [0.29, 0.717) is 22.4 Å². The molecule has 0 atom stereocenters. The van der Waals surface area contributed by atoms with Gasteiger partial charge in [0.15, 0.2) is 0 Å². The lowest BCUT2D eigenvalue weighted by Crippen LogP contribution is -2.03. The van der Waals surface area contributed by atoms with Crippen LogP contribution >= 0.6 is 27.3 Å². The number of nitrogens with one attached hydrogen (secondary N) is 1. The molecule has 94 valence electrons. The monoisotopic (exact) mass is 327 g/mol. The first kappa shape index (κ1) is 13.0. The van der Waals surface area contributed by atoms with Crippen molar-refractivity contribution in [3.63, 3.8) is 0 Å². The fourth-order valence-electron chi connectivity index (χ4n) is 1.46. The number of hydrogen-bond acceptors (Lipinski definition) is 5. The second-order valence-electron chi connectivity index (χ2n) is 3.62. The first-order valence-electron chi connectivity index (χ1n) is 5.15. The molecule has 0 aromatic carbocycles. The number of nitro groups is 1. The molecule has 7 heteroatoms. The summed E-state index contributed by atoms with van der Waals surface area (Å²) in [5.74, 6) is 0.617. The zero-order chi connectivity index (χ0) is 13.1. The van der Waals surface area contributed by atoms with Crippen molar-refractivity contribution >= 4 is 38.8 Å². The van der Waals surface area contributed by atoms with Gasteiger partial charge >= 0.3 is 0 Å². The SMILES string of the molecule is Cc1c([N+](=O)[O-])cnc(NCc2cccs2)c1Br. The molecule has 0 saturated carbocycles. The Balaban J connectivity index is 2.19. The van der Waals surface area contributed by atoms with Gasteiger partial charge in [0.2, 0.25) is 0 Å². The predicted octanol–water partition coefficient (Wildman–Crippen LogP) is 3.73. The van der Waals surface area contributed by atoms with Gasteiger partial charge in [-0.15, -0.1) is 11.3 Å². The minimum atomic E-state index is -0.434. The zero-order valence-corrected chi connectivity index (χ0v) is 11.9. The van der Waals surface area contributed by atoms with E-state index in [-0.39, 0.29) is 5.69 Å². The van der Waals surface area contributed by atoms with Crippen molar-refractivity contribution in [3.05, 3.63) is 48.7 Å². The van der Waals surface area contributed by atoms with Gasteiger partial charge in [-0.05, 0) is 34.3 Å². The molecule has 2 aromatic rings. The van der Waals surface area contributed by atoms with Gasteiger partial charge in [-0.3, -0.25) is 10.1 Å². The molecule has 0 spiro atoms. The second-order valence-corrected chi connectivity index (χ2v) is 5.45. The standard InChI is InChI=1S/C11H10BrN3O2S/c1-7-9(15(16)17)6-14-11(10(7)12)13-5-8-3-2-4-18-8/h2-4,6H,5H2,1H3,(H,13,14). The van der Waals surface area contributed by atoms with Crippen LogP contribution in [0.2, 0.25) is 0 Å². The summed E-state index contributed by atoms with van der Waals surface area (Å²) in [5, 5.41) is 15.9. The van der Waals surface area contributed by atoms with Crippen LogP contribution in [0.5, 0.6) is 0 Å². The highest BCUT2D eigenvalue weighted by Crippen LogP contribution is 2.30. The lowest BCUT2D eigenvalue weighted by molar-refractivity contribution is -0.385. The molecule has 0 aliphatic rings. The van der Waals surface area contributed by atoms with Crippen LogP contribution in [-0.2, 0) is 6.54 Å². The van der Waals surface area contributed by atoms with Crippen molar-refractivity contribution in [2.45, 2.75) is 13.5 Å². The van der Waals surface area contributed by atoms with E-state index in [0.717, 1.165) is 0 Å². The summed E-state index contributed by atoms with van der Waals surface area (Å²) in [7, 11) is 0. The highest BCUT2D eigenvalue weighted by Gasteiger charge is 2.16. The Morgan fingerprint density at radius 3 is 3.00 bits per heavy atom. The molecular weight excluding hydrogens is 318 g/mol. The third-order valence-electron chi connectivity index (χ3n) is 2.44. The molecule has 1 N–H and O–H groups in total. The number of thiophene rings is 1. The van der Waals surface area contributed by atoms with Crippen LogP contribution in [0.15, 0.2) is 28.2 Å². The number of pyridine rings is 1. The first-order chi connectivity index (χ1) is 8.59. The third kappa shape index (κ3) is 2.68. The summed E-state index contributed by atoms with van der Waals surface area (Å²) in [5.41, 5.74) is 0.590. The van der Waals surface area contributed by atoms with Crippen LogP contribution in [0.3, 0.4) is 0 Å². The highest BCUT2D eigenvalue weighted by molar-refractivity contribution is 9.10. The Labute approximate surface area is 116 Å². The summed E-state index contributed by atoms with van der Waals surface area (Å²) in [6.07, 6.45) is 1.27. The summed E-state index contributed by atoms with van der Waals surface area (Å²) in [6, 6.07) is 4.00. The molecule has 0 radical (unpaired) electrons. The maximum absolute atomic E-state index is 10.8. The van der Waals surface area contributed by atoms with Crippen molar-refractivity contribution in [1.29, 1.82) is 0 Å². The van der Waals surface area contributed by atoms with E-state index in [1.165, 1.54) is 11.1 Å². The lowest BCUT2D eigenvalue weighted by atomic mass is 10.2. The molecule has 2 heterocycles. The van der Waals surface area contributed by atoms with Crippen LogP contribution in [0.1, 0.15) is 10.4 Å². The van der Waals surface area contributed by atoms with Gasteiger partial charge in [-0.1, -0.05) is 6.07 Å². The Morgan fingerprint density at radius 1 is 1.61 bits per heavy atom. The van der Waals surface area contributed by atoms with E-state index in [1.54, 1.807) is 18.3 Å². The van der Waals surface area contributed by atoms with E-state index in [9.17, 15) is 10.1 Å². The minimum absolute atomic E-state index is 0.0172. The zero-order valence-electron chi connectivity index (χ0n) is 9.51. The minimum Gasteiger partial charge on any atom is -0.364 e. The quantitative estimate of drug-likeness (QED) is 0.686. The van der Waals surface area contributed by atoms with Crippen LogP contribution in [-0.4, -0.2) is 9.91 Å². The van der Waals surface area contributed by atoms with Crippen molar-refractivity contribution in [3.8, 4) is 0 Å². The summed E-state index contributed by atoms with van der Waals surface area (Å²) < 4.78 is 0.633. The molecule has 0 bridgehead atoms. The van der Waals surface area contributed by atoms with E-state index in [1.807, 2.05) is 17.5 Å². The molecule has 0 aliphatic carbocycles. The Kier molecular flexibility index (Phi) is 3.93. The van der Waals surface area contributed by atoms with Crippen molar-refractivity contribution < 1.29 is 4.92 Å². The van der Waals surface area contributed by atoms with Crippen LogP contribution in [0.4, 0.5) is 11.5 Å². The van der Waals surface area contributed by atoms with E-state index >= 15 is 0 Å². The average Bonchev–Trinajstić information content (AvgIpc) is 2.83. The number of nitrogens with zero attached hydrogens (tertiary/aromatic N) is 2. The molecule has 0 fully saturated rings. The van der Waals surface area contributed by atoms with Gasteiger partial charge in [0.1, 0.15) is 12.0 Å². The van der Waals surface area contributed by atoms with Crippen molar-refractivity contribution in [1.82, 2.24) is 4.98 Å². The summed E-state index contributed by atoms with van der Waals surface area (Å²) in [4.78, 5) is 15.6. The van der Waals surface area contributed by atoms with Crippen molar-refractivity contribution in [2.24, 2.45) is 0 Å². The average molecular weight is 328 g/mol. The smallest absolute Gasteiger partial charge is 0.291 e. The number of halogens is 1. The maximum atomic E-state index is 10.8. The molecular formula is C11H10BrN3O2S. The normalized spacial score (nSPS) is 10.3. The molecule has 0 unspecified atom stereocenters. The molecule has 0 saturated heterocycles. The van der Waals surface area contributed by atoms with Crippen LogP contribution in [0, 0.1) is 17.0 Å². The molecule has 0 aliphatic heterocycles. The number of anilines is 1. The summed E-state index contributed by atoms with van der Waals surface area (Å²) >= 11 is 4.98. The van der Waals surface area contributed by atoms with Gasteiger partial charge in [-0.2, -0.15) is 0 Å². The highest BCUT2D eigenvalue weighted by atomic mass is 79.9. The van der Waals surface area contributed by atoms with Gasteiger partial charge < -0.3 is 5.32 Å². The lowest BCUT2D eigenvalue weighted by Gasteiger charge is -2.08. The van der Waals surface area contributed by atoms with Gasteiger partial charge in [0.05, 0.1) is 15.9 Å².